The maximum atomic E-state index is 6.37. The van der Waals surface area contributed by atoms with Crippen LogP contribution >= 0.6 is 11.8 Å². The summed E-state index contributed by atoms with van der Waals surface area (Å²) in [5.41, 5.74) is 2.03. The van der Waals surface area contributed by atoms with Gasteiger partial charge in [-0.2, -0.15) is 0 Å². The number of hydrogen-bond donors (Lipinski definition) is 0. The van der Waals surface area contributed by atoms with Crippen molar-refractivity contribution in [2.45, 2.75) is 54.8 Å². The fourth-order valence-electron chi connectivity index (χ4n) is 3.68. The van der Waals surface area contributed by atoms with Gasteiger partial charge in [0, 0.05) is 16.0 Å². The number of hydrogen-bond acceptors (Lipinski definition) is 6. The van der Waals surface area contributed by atoms with Crippen LogP contribution in [-0.4, -0.2) is 25.8 Å². The molecule has 3 aliphatic heterocycles. The second kappa shape index (κ2) is 6.71. The zero-order valence-corrected chi connectivity index (χ0v) is 16.2. The Kier molecular flexibility index (Phi) is 4.31. The van der Waals surface area contributed by atoms with Gasteiger partial charge in [-0.05, 0) is 44.9 Å². The second-order valence-electron chi connectivity index (χ2n) is 7.10. The minimum atomic E-state index is -0.900. The summed E-state index contributed by atoms with van der Waals surface area (Å²) in [5, 5.41) is 0. The first-order chi connectivity index (χ1) is 13.2. The summed E-state index contributed by atoms with van der Waals surface area (Å²) in [6.07, 6.45) is 1.98. The Hall–Kier alpha value is -1.73. The second-order valence-corrected chi connectivity index (χ2v) is 8.15. The van der Waals surface area contributed by atoms with Gasteiger partial charge in [0.05, 0.1) is 24.2 Å². The summed E-state index contributed by atoms with van der Waals surface area (Å²) >= 11 is 1.66. The van der Waals surface area contributed by atoms with Gasteiger partial charge in [0.2, 0.25) is 5.79 Å². The lowest BCUT2D eigenvalue weighted by atomic mass is 9.95. The van der Waals surface area contributed by atoms with Gasteiger partial charge in [-0.3, -0.25) is 0 Å². The lowest BCUT2D eigenvalue weighted by Crippen LogP contribution is -2.36. The highest BCUT2D eigenvalue weighted by Gasteiger charge is 2.47. The third-order valence-corrected chi connectivity index (χ3v) is 6.04. The van der Waals surface area contributed by atoms with Crippen LogP contribution in [0, 0.1) is 0 Å². The Balaban J connectivity index is 1.63. The monoisotopic (exact) mass is 386 g/mol. The molecule has 0 amide bonds. The van der Waals surface area contributed by atoms with Crippen LogP contribution in [-0.2, 0) is 20.0 Å². The van der Waals surface area contributed by atoms with Crippen LogP contribution in [0.3, 0.4) is 0 Å². The average molecular weight is 386 g/mol. The zero-order chi connectivity index (χ0) is 18.4. The molecule has 1 spiro atoms. The molecule has 1 unspecified atom stereocenters. The quantitative estimate of drug-likeness (QED) is 0.748. The third kappa shape index (κ3) is 2.83. The molecule has 2 aromatic carbocycles. The summed E-state index contributed by atoms with van der Waals surface area (Å²) in [4.78, 5) is 2.08. The normalized spacial score (nSPS) is 22.4. The minimum Gasteiger partial charge on any atom is -0.428 e. The van der Waals surface area contributed by atoms with Crippen LogP contribution in [0.15, 0.2) is 46.2 Å². The Morgan fingerprint density at radius 3 is 2.56 bits per heavy atom. The number of benzene rings is 2. The molecule has 0 aliphatic carbocycles. The van der Waals surface area contributed by atoms with Crippen LogP contribution in [0.5, 0.6) is 11.5 Å². The molecule has 0 N–H and O–H groups in total. The van der Waals surface area contributed by atoms with Gasteiger partial charge in [-0.1, -0.05) is 30.0 Å². The predicted molar refractivity (Wildman–Crippen MR) is 100 cm³/mol. The Morgan fingerprint density at radius 1 is 1.00 bits per heavy atom. The topological polar surface area (TPSA) is 46.2 Å². The minimum absolute atomic E-state index is 0.00776. The molecule has 5 nitrogen and oxygen atoms in total. The smallest absolute Gasteiger partial charge is 0.361 e. The van der Waals surface area contributed by atoms with E-state index >= 15 is 0 Å². The van der Waals surface area contributed by atoms with Crippen LogP contribution < -0.4 is 9.47 Å². The van der Waals surface area contributed by atoms with Crippen molar-refractivity contribution in [3.8, 4) is 11.5 Å². The third-order valence-electron chi connectivity index (χ3n) is 4.85. The summed E-state index contributed by atoms with van der Waals surface area (Å²) < 4.78 is 30.3. The first-order valence-corrected chi connectivity index (χ1v) is 10.2. The Bertz CT molecular complexity index is 858. The van der Waals surface area contributed by atoms with E-state index in [2.05, 4.69) is 12.1 Å². The highest BCUT2D eigenvalue weighted by molar-refractivity contribution is 7.99. The molecule has 2 aromatic rings. The van der Waals surface area contributed by atoms with Gasteiger partial charge in [0.15, 0.2) is 11.5 Å². The van der Waals surface area contributed by atoms with Crippen LogP contribution in [0.2, 0.25) is 0 Å². The Labute approximate surface area is 162 Å². The van der Waals surface area contributed by atoms with Crippen molar-refractivity contribution < 1.29 is 23.7 Å². The van der Waals surface area contributed by atoms with E-state index in [4.69, 9.17) is 23.7 Å². The molecular formula is C21H22O5S. The van der Waals surface area contributed by atoms with Gasteiger partial charge >= 0.3 is 6.48 Å². The maximum absolute atomic E-state index is 6.37. The molecule has 5 rings (SSSR count). The summed E-state index contributed by atoms with van der Waals surface area (Å²) in [7, 11) is 0. The van der Waals surface area contributed by atoms with E-state index in [1.807, 2.05) is 38.1 Å². The molecule has 3 heterocycles. The van der Waals surface area contributed by atoms with E-state index in [9.17, 15) is 0 Å². The highest BCUT2D eigenvalue weighted by Crippen LogP contribution is 2.57. The van der Waals surface area contributed by atoms with Crippen LogP contribution in [0.25, 0.3) is 0 Å². The van der Waals surface area contributed by atoms with Gasteiger partial charge in [-0.15, -0.1) is 0 Å². The number of fused-ring (bicyclic) bond motifs is 6. The lowest BCUT2D eigenvalue weighted by molar-refractivity contribution is -0.209. The maximum Gasteiger partial charge on any atom is 0.361 e. The largest absolute Gasteiger partial charge is 0.428 e. The lowest BCUT2D eigenvalue weighted by Gasteiger charge is -2.38. The van der Waals surface area contributed by atoms with E-state index < -0.39 is 12.3 Å². The van der Waals surface area contributed by atoms with Crippen molar-refractivity contribution in [1.29, 1.82) is 0 Å². The molecule has 1 saturated heterocycles. The van der Waals surface area contributed by atoms with E-state index in [0.29, 0.717) is 24.7 Å². The van der Waals surface area contributed by atoms with E-state index in [-0.39, 0.29) is 6.10 Å². The molecule has 1 fully saturated rings. The van der Waals surface area contributed by atoms with Crippen LogP contribution in [0.1, 0.15) is 37.8 Å². The van der Waals surface area contributed by atoms with Gasteiger partial charge in [0.1, 0.15) is 0 Å². The molecular weight excluding hydrogens is 364 g/mol. The standard InChI is InChI=1S/C21H22O5S/c1-13(2)24-20-25-16-10-9-15-19(18(16)26-20)27-17-8-4-3-7-14(17)21(15)22-11-5-6-12-23-21/h3-4,7-10,13,20H,5-6,11-12H2,1-2H3. The zero-order valence-electron chi connectivity index (χ0n) is 15.4. The number of rotatable bonds is 2. The molecule has 0 radical (unpaired) electrons. The molecule has 0 saturated carbocycles. The SMILES string of the molecule is CC(C)OC1Oc2ccc3c(c2O1)Sc1ccccc1C31OCCCCO1. The van der Waals surface area contributed by atoms with Crippen molar-refractivity contribution in [1.82, 2.24) is 0 Å². The van der Waals surface area contributed by atoms with Crippen molar-refractivity contribution in [3.63, 3.8) is 0 Å². The molecule has 3 aliphatic rings. The van der Waals surface area contributed by atoms with Crippen molar-refractivity contribution in [3.05, 3.63) is 47.5 Å². The van der Waals surface area contributed by atoms with Crippen LogP contribution in [0.4, 0.5) is 0 Å². The predicted octanol–water partition coefficient (Wildman–Crippen LogP) is 4.66. The fraction of sp³-hybridized carbons (Fsp3) is 0.429. The van der Waals surface area contributed by atoms with Crippen molar-refractivity contribution in [2.24, 2.45) is 0 Å². The van der Waals surface area contributed by atoms with E-state index in [0.717, 1.165) is 33.8 Å². The average Bonchev–Trinajstić information content (AvgIpc) is 2.90. The van der Waals surface area contributed by atoms with Crippen molar-refractivity contribution >= 4 is 11.8 Å². The highest BCUT2D eigenvalue weighted by atomic mass is 32.2. The molecule has 1 atom stereocenters. The molecule has 142 valence electrons. The van der Waals surface area contributed by atoms with E-state index in [1.165, 1.54) is 0 Å². The summed E-state index contributed by atoms with van der Waals surface area (Å²) in [6.45, 7) is 4.51. The molecule has 0 aromatic heterocycles. The molecule has 27 heavy (non-hydrogen) atoms. The van der Waals surface area contributed by atoms with Gasteiger partial charge in [0.25, 0.3) is 0 Å². The Morgan fingerprint density at radius 2 is 1.78 bits per heavy atom. The fourth-order valence-corrected chi connectivity index (χ4v) is 4.92. The first-order valence-electron chi connectivity index (χ1n) is 9.39. The molecule has 0 bridgehead atoms. The van der Waals surface area contributed by atoms with E-state index in [1.54, 1.807) is 11.8 Å². The summed E-state index contributed by atoms with van der Waals surface area (Å²) in [6, 6.07) is 12.2. The summed E-state index contributed by atoms with van der Waals surface area (Å²) in [5.74, 6) is 0.492. The van der Waals surface area contributed by atoms with Crippen molar-refractivity contribution in [2.75, 3.05) is 13.2 Å². The molecule has 6 heteroatoms. The first kappa shape index (κ1) is 17.4. The van der Waals surface area contributed by atoms with Gasteiger partial charge < -0.3 is 23.7 Å². The number of ether oxygens (including phenoxy) is 5. The van der Waals surface area contributed by atoms with Gasteiger partial charge in [-0.25, -0.2) is 0 Å².